The van der Waals surface area contributed by atoms with E-state index in [2.05, 4.69) is 5.32 Å². The number of rotatable bonds is 11. The van der Waals surface area contributed by atoms with Gasteiger partial charge in [-0.3, -0.25) is 4.79 Å². The van der Waals surface area contributed by atoms with Gasteiger partial charge in [-0.05, 0) is 62.8 Å². The summed E-state index contributed by atoms with van der Waals surface area (Å²) in [5.41, 5.74) is 1.76. The molecule has 7 heteroatoms. The predicted molar refractivity (Wildman–Crippen MR) is 108 cm³/mol. The summed E-state index contributed by atoms with van der Waals surface area (Å²) < 4.78 is 11.3. The molecule has 1 aromatic heterocycles. The zero-order chi connectivity index (χ0) is 21.4. The normalized spacial score (nSPS) is 12.0. The van der Waals surface area contributed by atoms with Crippen molar-refractivity contribution in [3.8, 4) is 5.75 Å². The molecule has 0 saturated carbocycles. The van der Waals surface area contributed by atoms with Crippen molar-refractivity contribution in [2.45, 2.75) is 65.4 Å². The molecule has 0 saturated heterocycles. The first-order valence-corrected chi connectivity index (χ1v) is 10.0. The van der Waals surface area contributed by atoms with Crippen LogP contribution in [0.3, 0.4) is 0 Å². The molecule has 158 valence electrons. The Hall–Kier alpha value is -2.83. The van der Waals surface area contributed by atoms with Gasteiger partial charge in [0.05, 0.1) is 5.39 Å². The lowest BCUT2D eigenvalue weighted by atomic mass is 10.0. The van der Waals surface area contributed by atoms with Crippen molar-refractivity contribution in [3.05, 3.63) is 39.7 Å². The van der Waals surface area contributed by atoms with Crippen molar-refractivity contribution in [2.75, 3.05) is 6.54 Å². The first kappa shape index (κ1) is 22.5. The number of carbonyl (C=O) groups is 2. The monoisotopic (exact) mass is 402 g/mol. The van der Waals surface area contributed by atoms with Crippen LogP contribution in [-0.4, -0.2) is 24.5 Å². The molecule has 0 spiro atoms. The summed E-state index contributed by atoms with van der Waals surface area (Å²) in [6.07, 6.45) is 2.78. The molecule has 1 amide bonds. The van der Waals surface area contributed by atoms with Gasteiger partial charge in [-0.25, -0.2) is 4.79 Å². The molecule has 0 aliphatic carbocycles. The van der Waals surface area contributed by atoms with Crippen molar-refractivity contribution in [3.63, 3.8) is 0 Å². The average Bonchev–Trinajstić information content (AvgIpc) is 2.63. The number of aryl methyl sites for hydroxylation is 2. The zero-order valence-corrected chi connectivity index (χ0v) is 17.2. The maximum atomic E-state index is 12.4. The molecular formula is C22H28NO6-. The van der Waals surface area contributed by atoms with Crippen LogP contribution < -0.4 is 20.8 Å². The van der Waals surface area contributed by atoms with Crippen molar-refractivity contribution >= 4 is 22.8 Å². The Kier molecular flexibility index (Phi) is 8.24. The molecule has 0 aliphatic rings. The van der Waals surface area contributed by atoms with Gasteiger partial charge in [0.2, 0.25) is 0 Å². The Morgan fingerprint density at radius 3 is 2.66 bits per heavy atom. The van der Waals surface area contributed by atoms with Gasteiger partial charge in [0, 0.05) is 18.6 Å². The number of nitrogens with one attached hydrogen (secondary N) is 1. The van der Waals surface area contributed by atoms with Gasteiger partial charge in [0.15, 0.2) is 6.10 Å². The van der Waals surface area contributed by atoms with Gasteiger partial charge in [-0.1, -0.05) is 19.8 Å². The zero-order valence-electron chi connectivity index (χ0n) is 17.2. The van der Waals surface area contributed by atoms with Gasteiger partial charge < -0.3 is 24.4 Å². The highest BCUT2D eigenvalue weighted by atomic mass is 16.5. The molecule has 7 nitrogen and oxygen atoms in total. The van der Waals surface area contributed by atoms with Gasteiger partial charge in [0.25, 0.3) is 5.91 Å². The summed E-state index contributed by atoms with van der Waals surface area (Å²) in [5.74, 6) is -0.794. The molecule has 1 atom stereocenters. The number of unbranched alkanes of at least 4 members (excludes halogenated alkanes) is 2. The molecule has 0 unspecified atom stereocenters. The van der Waals surface area contributed by atoms with Gasteiger partial charge >= 0.3 is 5.63 Å². The maximum Gasteiger partial charge on any atom is 0.336 e. The van der Waals surface area contributed by atoms with E-state index in [1.807, 2.05) is 19.9 Å². The summed E-state index contributed by atoms with van der Waals surface area (Å²) in [6, 6.07) is 5.11. The Morgan fingerprint density at radius 1 is 1.21 bits per heavy atom. The fraction of sp³-hybridized carbons (Fsp3) is 0.500. The number of hydrogen-bond acceptors (Lipinski definition) is 6. The number of fused-ring (bicyclic) bond motifs is 1. The minimum absolute atomic E-state index is 0.0319. The molecule has 1 heterocycles. The Labute approximate surface area is 170 Å². The average molecular weight is 402 g/mol. The highest BCUT2D eigenvalue weighted by molar-refractivity contribution is 5.88. The third-order valence-corrected chi connectivity index (χ3v) is 4.58. The minimum Gasteiger partial charge on any atom is -0.550 e. The number of hydrogen-bond donors (Lipinski definition) is 1. The van der Waals surface area contributed by atoms with Crippen molar-refractivity contribution in [1.82, 2.24) is 5.32 Å². The molecule has 2 aromatic rings. The van der Waals surface area contributed by atoms with Crippen molar-refractivity contribution in [2.24, 2.45) is 0 Å². The Bertz CT molecular complexity index is 917. The third kappa shape index (κ3) is 6.62. The van der Waals surface area contributed by atoms with E-state index in [1.54, 1.807) is 13.0 Å². The number of amides is 1. The quantitative estimate of drug-likeness (QED) is 0.456. The van der Waals surface area contributed by atoms with E-state index in [1.165, 1.54) is 6.07 Å². The number of carboxylic acids is 1. The SMILES string of the molecule is CCCc1cc(=O)oc2cc(C)cc(O[C@@H](C)C(=O)NCCCCCC(=O)[O-])c12. The second-order valence-corrected chi connectivity index (χ2v) is 7.21. The molecule has 29 heavy (non-hydrogen) atoms. The largest absolute Gasteiger partial charge is 0.550 e. The summed E-state index contributed by atoms with van der Waals surface area (Å²) in [6.45, 7) is 6.01. The minimum atomic E-state index is -1.06. The smallest absolute Gasteiger partial charge is 0.336 e. The van der Waals surface area contributed by atoms with Crippen LogP contribution in [-0.2, 0) is 16.0 Å². The van der Waals surface area contributed by atoms with E-state index in [0.717, 1.165) is 22.9 Å². The van der Waals surface area contributed by atoms with Crippen LogP contribution in [0.25, 0.3) is 11.0 Å². The lowest BCUT2D eigenvalue weighted by Gasteiger charge is -2.18. The number of ether oxygens (including phenoxy) is 1. The van der Waals surface area contributed by atoms with Crippen LogP contribution >= 0.6 is 0 Å². The molecule has 0 bridgehead atoms. The van der Waals surface area contributed by atoms with Crippen LogP contribution in [0.5, 0.6) is 5.75 Å². The molecule has 0 fully saturated rings. The molecule has 1 N–H and O–H groups in total. The van der Waals surface area contributed by atoms with Crippen LogP contribution in [0.2, 0.25) is 0 Å². The van der Waals surface area contributed by atoms with E-state index in [9.17, 15) is 19.5 Å². The number of benzene rings is 1. The molecule has 2 rings (SSSR count). The van der Waals surface area contributed by atoms with Crippen LogP contribution in [0, 0.1) is 6.92 Å². The lowest BCUT2D eigenvalue weighted by Crippen LogP contribution is -2.36. The fourth-order valence-electron chi connectivity index (χ4n) is 3.20. The molecular weight excluding hydrogens is 374 g/mol. The second kappa shape index (κ2) is 10.6. The van der Waals surface area contributed by atoms with E-state index in [0.29, 0.717) is 43.6 Å². The molecule has 1 aromatic carbocycles. The van der Waals surface area contributed by atoms with Gasteiger partial charge in [-0.2, -0.15) is 0 Å². The third-order valence-electron chi connectivity index (χ3n) is 4.58. The highest BCUT2D eigenvalue weighted by Gasteiger charge is 2.18. The van der Waals surface area contributed by atoms with Crippen molar-refractivity contribution in [1.29, 1.82) is 0 Å². The summed E-state index contributed by atoms with van der Waals surface area (Å²) >= 11 is 0. The maximum absolute atomic E-state index is 12.4. The van der Waals surface area contributed by atoms with Crippen LogP contribution in [0.15, 0.2) is 27.4 Å². The standard InChI is InChI=1S/C22H29NO6/c1-4-8-16-13-20(26)29-18-12-14(2)11-17(21(16)18)28-15(3)22(27)23-10-7-5-6-9-19(24)25/h11-13,15H,4-10H2,1-3H3,(H,23,27)(H,24,25)/p-1/t15-/m0/s1. The molecule has 0 radical (unpaired) electrons. The van der Waals surface area contributed by atoms with Crippen molar-refractivity contribution < 1.29 is 23.8 Å². The van der Waals surface area contributed by atoms with E-state index in [-0.39, 0.29) is 12.3 Å². The van der Waals surface area contributed by atoms with Gasteiger partial charge in [-0.15, -0.1) is 0 Å². The van der Waals surface area contributed by atoms with Crippen LogP contribution in [0.1, 0.15) is 57.1 Å². The summed E-state index contributed by atoms with van der Waals surface area (Å²) in [4.78, 5) is 34.6. The van der Waals surface area contributed by atoms with Gasteiger partial charge in [0.1, 0.15) is 11.3 Å². The van der Waals surface area contributed by atoms with E-state index < -0.39 is 17.7 Å². The Morgan fingerprint density at radius 2 is 1.97 bits per heavy atom. The van der Waals surface area contributed by atoms with Crippen LogP contribution in [0.4, 0.5) is 0 Å². The summed E-state index contributed by atoms with van der Waals surface area (Å²) in [7, 11) is 0. The second-order valence-electron chi connectivity index (χ2n) is 7.21. The number of carboxylic acid groups (broad SMARTS) is 1. The lowest BCUT2D eigenvalue weighted by molar-refractivity contribution is -0.305. The van der Waals surface area contributed by atoms with E-state index in [4.69, 9.17) is 9.15 Å². The Balaban J connectivity index is 2.07. The first-order valence-electron chi connectivity index (χ1n) is 10.0. The first-order chi connectivity index (χ1) is 13.8. The summed E-state index contributed by atoms with van der Waals surface area (Å²) in [5, 5.41) is 13.9. The highest BCUT2D eigenvalue weighted by Crippen LogP contribution is 2.31. The fourth-order valence-corrected chi connectivity index (χ4v) is 3.20. The number of carbonyl (C=O) groups excluding carboxylic acids is 2. The molecule has 0 aliphatic heterocycles. The number of aliphatic carboxylic acids is 1. The predicted octanol–water partition coefficient (Wildman–Crippen LogP) is 2.25. The topological polar surface area (TPSA) is 109 Å². The van der Waals surface area contributed by atoms with E-state index >= 15 is 0 Å².